The molecular formula is C25H25N3O5S. The summed E-state index contributed by atoms with van der Waals surface area (Å²) in [6.07, 6.45) is -0.342. The largest absolute Gasteiger partial charge is 0.476 e. The predicted octanol–water partition coefficient (Wildman–Crippen LogP) is 4.16. The molecule has 8 nitrogen and oxygen atoms in total. The molecule has 3 aromatic rings. The van der Waals surface area contributed by atoms with Crippen molar-refractivity contribution in [3.05, 3.63) is 75.7 Å². The highest BCUT2D eigenvalue weighted by Crippen LogP contribution is 2.44. The highest BCUT2D eigenvalue weighted by Gasteiger charge is 2.35. The molecule has 1 unspecified atom stereocenters. The van der Waals surface area contributed by atoms with Gasteiger partial charge in [-0.15, -0.1) is 11.3 Å². The lowest BCUT2D eigenvalue weighted by atomic mass is 9.97. The second-order valence-corrected chi connectivity index (χ2v) is 9.19. The Labute approximate surface area is 201 Å². The van der Waals surface area contributed by atoms with Gasteiger partial charge in [0.15, 0.2) is 5.69 Å². The van der Waals surface area contributed by atoms with Crippen molar-refractivity contribution in [1.82, 2.24) is 15.6 Å². The number of benzene rings is 2. The summed E-state index contributed by atoms with van der Waals surface area (Å²) in [6.45, 7) is 3.63. The number of ether oxygens (including phenoxy) is 1. The molecule has 1 atom stereocenters. The molecule has 1 aliphatic rings. The average Bonchev–Trinajstić information content (AvgIpc) is 3.44. The zero-order valence-corrected chi connectivity index (χ0v) is 19.6. The van der Waals surface area contributed by atoms with E-state index in [1.54, 1.807) is 13.8 Å². The van der Waals surface area contributed by atoms with Gasteiger partial charge in [0.25, 0.3) is 0 Å². The third kappa shape index (κ3) is 4.65. The van der Waals surface area contributed by atoms with E-state index in [1.807, 2.05) is 36.4 Å². The number of nitrogens with one attached hydrogen (secondary N) is 2. The molecule has 1 aliphatic carbocycles. The Morgan fingerprint density at radius 2 is 1.71 bits per heavy atom. The molecule has 0 radical (unpaired) electrons. The van der Waals surface area contributed by atoms with Gasteiger partial charge in [0.2, 0.25) is 5.91 Å². The summed E-state index contributed by atoms with van der Waals surface area (Å²) in [7, 11) is 0. The maximum absolute atomic E-state index is 12.8. The molecule has 0 saturated carbocycles. The van der Waals surface area contributed by atoms with E-state index in [0.717, 1.165) is 33.6 Å². The molecule has 1 aromatic heterocycles. The van der Waals surface area contributed by atoms with Gasteiger partial charge in [-0.1, -0.05) is 55.5 Å². The summed E-state index contributed by atoms with van der Waals surface area (Å²) in [4.78, 5) is 40.4. The van der Waals surface area contributed by atoms with Crippen molar-refractivity contribution in [3.63, 3.8) is 0 Å². The van der Waals surface area contributed by atoms with Crippen LogP contribution in [-0.4, -0.2) is 40.2 Å². The van der Waals surface area contributed by atoms with Gasteiger partial charge in [-0.25, -0.2) is 14.6 Å². The van der Waals surface area contributed by atoms with Crippen LogP contribution in [0.15, 0.2) is 53.9 Å². The van der Waals surface area contributed by atoms with Crippen LogP contribution in [0, 0.1) is 0 Å². The van der Waals surface area contributed by atoms with Crippen LogP contribution >= 0.6 is 11.3 Å². The normalized spacial score (nSPS) is 13.9. The third-order valence-corrected chi connectivity index (χ3v) is 6.95. The second-order valence-electron chi connectivity index (χ2n) is 8.25. The molecule has 0 saturated heterocycles. The maximum Gasteiger partial charge on any atom is 0.408 e. The Hall–Kier alpha value is -3.72. The Kier molecular flexibility index (Phi) is 6.65. The Morgan fingerprint density at radius 3 is 2.26 bits per heavy atom. The Balaban J connectivity index is 1.37. The van der Waals surface area contributed by atoms with Gasteiger partial charge in [0.1, 0.15) is 17.2 Å². The minimum atomic E-state index is -1.20. The van der Waals surface area contributed by atoms with E-state index in [4.69, 9.17) is 9.84 Å². The molecule has 3 N–H and O–H groups in total. The second kappa shape index (κ2) is 9.64. The average molecular weight is 480 g/mol. The van der Waals surface area contributed by atoms with E-state index in [9.17, 15) is 14.4 Å². The first-order chi connectivity index (χ1) is 16.3. The summed E-state index contributed by atoms with van der Waals surface area (Å²) in [5.74, 6) is -1.60. The first kappa shape index (κ1) is 23.4. The summed E-state index contributed by atoms with van der Waals surface area (Å²) in [5.41, 5.74) is 3.23. The summed E-state index contributed by atoms with van der Waals surface area (Å²) >= 11 is 1.14. The summed E-state index contributed by atoms with van der Waals surface area (Å²) < 4.78 is 5.57. The summed E-state index contributed by atoms with van der Waals surface area (Å²) in [6, 6.07) is 16.1. The van der Waals surface area contributed by atoms with Crippen LogP contribution in [0.1, 0.15) is 52.8 Å². The number of hydrogen-bond acceptors (Lipinski definition) is 6. The number of carboxylic acid groups (broad SMARTS) is 1. The van der Waals surface area contributed by atoms with Crippen molar-refractivity contribution in [2.24, 2.45) is 0 Å². The number of aromatic nitrogens is 1. The van der Waals surface area contributed by atoms with Gasteiger partial charge in [0, 0.05) is 11.3 Å². The number of carbonyl (C=O) groups excluding carboxylic acids is 2. The van der Waals surface area contributed by atoms with Gasteiger partial charge in [0.05, 0.1) is 6.54 Å². The molecule has 0 bridgehead atoms. The van der Waals surface area contributed by atoms with Crippen molar-refractivity contribution in [2.45, 2.75) is 38.3 Å². The van der Waals surface area contributed by atoms with Gasteiger partial charge in [-0.2, -0.15) is 0 Å². The van der Waals surface area contributed by atoms with E-state index in [1.165, 1.54) is 5.38 Å². The van der Waals surface area contributed by atoms with Crippen LogP contribution in [0.25, 0.3) is 11.1 Å². The highest BCUT2D eigenvalue weighted by molar-refractivity contribution is 7.09. The fraction of sp³-hybridized carbons (Fsp3) is 0.280. The number of thiazole rings is 1. The number of nitrogens with zero attached hydrogens (tertiary/aromatic N) is 1. The number of rotatable bonds is 8. The van der Waals surface area contributed by atoms with Crippen LogP contribution in [-0.2, 0) is 16.1 Å². The number of carboxylic acids is 1. The number of carbonyl (C=O) groups is 3. The molecule has 34 heavy (non-hydrogen) atoms. The van der Waals surface area contributed by atoms with Gasteiger partial charge in [-0.3, -0.25) is 4.79 Å². The van der Waals surface area contributed by atoms with Crippen LogP contribution in [0.3, 0.4) is 0 Å². The van der Waals surface area contributed by atoms with E-state index in [0.29, 0.717) is 11.4 Å². The molecule has 0 fully saturated rings. The first-order valence-electron chi connectivity index (χ1n) is 10.9. The van der Waals surface area contributed by atoms with Crippen molar-refractivity contribution < 1.29 is 24.2 Å². The van der Waals surface area contributed by atoms with E-state index in [-0.39, 0.29) is 24.8 Å². The predicted molar refractivity (Wildman–Crippen MR) is 128 cm³/mol. The molecule has 0 aliphatic heterocycles. The van der Waals surface area contributed by atoms with Crippen molar-refractivity contribution in [1.29, 1.82) is 0 Å². The van der Waals surface area contributed by atoms with Crippen molar-refractivity contribution >= 4 is 29.3 Å². The number of aromatic carboxylic acids is 1. The van der Waals surface area contributed by atoms with Crippen LogP contribution in [0.5, 0.6) is 0 Å². The van der Waals surface area contributed by atoms with Gasteiger partial charge < -0.3 is 20.5 Å². The number of fused-ring (bicyclic) bond motifs is 3. The molecule has 1 heterocycles. The molecule has 2 aromatic carbocycles. The smallest absolute Gasteiger partial charge is 0.408 e. The molecular weight excluding hydrogens is 454 g/mol. The van der Waals surface area contributed by atoms with Crippen LogP contribution in [0.2, 0.25) is 0 Å². The molecule has 4 rings (SSSR count). The lowest BCUT2D eigenvalue weighted by Crippen LogP contribution is -2.56. The molecule has 0 spiro atoms. The van der Waals surface area contributed by atoms with Gasteiger partial charge >= 0.3 is 12.1 Å². The van der Waals surface area contributed by atoms with Crippen molar-refractivity contribution in [3.8, 4) is 11.1 Å². The lowest BCUT2D eigenvalue weighted by molar-refractivity contribution is -0.127. The quantitative estimate of drug-likeness (QED) is 0.446. The SMILES string of the molecule is CCC(C)(NC(=O)OCC1c2ccccc2-c2ccccc21)C(=O)NCc1nc(C(=O)O)cs1. The topological polar surface area (TPSA) is 118 Å². The molecule has 9 heteroatoms. The number of hydrogen-bond donors (Lipinski definition) is 3. The van der Waals surface area contributed by atoms with E-state index < -0.39 is 23.5 Å². The zero-order chi connectivity index (χ0) is 24.3. The summed E-state index contributed by atoms with van der Waals surface area (Å²) in [5, 5.41) is 16.3. The highest BCUT2D eigenvalue weighted by atomic mass is 32.1. The molecule has 176 valence electrons. The number of amides is 2. The first-order valence-corrected chi connectivity index (χ1v) is 11.8. The van der Waals surface area contributed by atoms with Crippen LogP contribution in [0.4, 0.5) is 4.79 Å². The fourth-order valence-corrected chi connectivity index (χ4v) is 4.71. The molecule has 2 amide bonds. The minimum absolute atomic E-state index is 0.0655. The fourth-order valence-electron chi connectivity index (χ4n) is 4.01. The Bertz CT molecular complexity index is 1200. The lowest BCUT2D eigenvalue weighted by Gasteiger charge is -2.28. The number of alkyl carbamates (subject to hydrolysis) is 1. The minimum Gasteiger partial charge on any atom is -0.476 e. The Morgan fingerprint density at radius 1 is 1.09 bits per heavy atom. The van der Waals surface area contributed by atoms with Gasteiger partial charge in [-0.05, 0) is 35.6 Å². The standard InChI is InChI=1S/C25H25N3O5S/c1-3-25(2,23(31)26-12-21-27-20(14-34-21)22(29)30)28-24(32)33-13-19-17-10-6-4-8-15(17)16-9-5-7-11-18(16)19/h4-11,14,19H,3,12-13H2,1-2H3,(H,26,31)(H,28,32)(H,29,30). The monoisotopic (exact) mass is 479 g/mol. The maximum atomic E-state index is 12.8. The van der Waals surface area contributed by atoms with Crippen molar-refractivity contribution in [2.75, 3.05) is 6.61 Å². The van der Waals surface area contributed by atoms with E-state index >= 15 is 0 Å². The zero-order valence-electron chi connectivity index (χ0n) is 18.8. The van der Waals surface area contributed by atoms with E-state index in [2.05, 4.69) is 27.8 Å². The van der Waals surface area contributed by atoms with Crippen LogP contribution < -0.4 is 10.6 Å². The third-order valence-electron chi connectivity index (χ3n) is 6.10.